The van der Waals surface area contributed by atoms with Gasteiger partial charge in [-0.3, -0.25) is 19.8 Å². The molecule has 0 fully saturated rings. The number of hydrogen-bond acceptors (Lipinski definition) is 3. The summed E-state index contributed by atoms with van der Waals surface area (Å²) in [5.41, 5.74) is 3.80. The van der Waals surface area contributed by atoms with E-state index in [0.29, 0.717) is 21.6 Å². The highest BCUT2D eigenvalue weighted by atomic mass is 79.9. The Morgan fingerprint density at radius 3 is 2.00 bits per heavy atom. The van der Waals surface area contributed by atoms with Crippen LogP contribution in [0.1, 0.15) is 10.5 Å². The lowest BCUT2D eigenvalue weighted by molar-refractivity contribution is -0.133. The Bertz CT molecular complexity index is 1400. The highest BCUT2D eigenvalue weighted by Gasteiger charge is 2.22. The van der Waals surface area contributed by atoms with Crippen LogP contribution in [0.3, 0.4) is 0 Å². The second kappa shape index (κ2) is 9.66. The standard InChI is InChI=1S/C23H15BrCl2N4O3/c24-14-9-10-19-13(11-14)12-20(21(31)27-17-7-3-1-5-15(17)25)30(19)29-23(33)22(32)28-18-8-4-2-6-16(18)26/h1-12H,(H,27,31)(H,28,32)(H,29,33). The summed E-state index contributed by atoms with van der Waals surface area (Å²) in [5.74, 6) is -2.45. The van der Waals surface area contributed by atoms with Crippen LogP contribution in [0, 0.1) is 0 Å². The third kappa shape index (κ3) is 5.03. The van der Waals surface area contributed by atoms with E-state index in [-0.39, 0.29) is 16.4 Å². The summed E-state index contributed by atoms with van der Waals surface area (Å²) in [5, 5.41) is 6.49. The van der Waals surface area contributed by atoms with E-state index in [1.807, 2.05) is 0 Å². The van der Waals surface area contributed by atoms with Crippen LogP contribution in [0.25, 0.3) is 10.9 Å². The Kier molecular flexibility index (Phi) is 6.69. The molecule has 3 amide bonds. The lowest BCUT2D eigenvalue weighted by Gasteiger charge is -2.13. The van der Waals surface area contributed by atoms with E-state index in [4.69, 9.17) is 23.2 Å². The SMILES string of the molecule is O=C(Nc1ccccc1Cl)C(=O)Nn1c(C(=O)Nc2ccccc2Cl)cc2cc(Br)ccc21. The molecule has 7 nitrogen and oxygen atoms in total. The van der Waals surface area contributed by atoms with Crippen LogP contribution >= 0.6 is 39.1 Å². The van der Waals surface area contributed by atoms with Gasteiger partial charge in [0.05, 0.1) is 26.9 Å². The number of halogens is 3. The summed E-state index contributed by atoms with van der Waals surface area (Å²) in [6.45, 7) is 0. The maximum absolute atomic E-state index is 13.1. The molecule has 0 bridgehead atoms. The van der Waals surface area contributed by atoms with Gasteiger partial charge < -0.3 is 10.6 Å². The highest BCUT2D eigenvalue weighted by Crippen LogP contribution is 2.26. The zero-order valence-electron chi connectivity index (χ0n) is 16.7. The molecule has 3 aromatic carbocycles. The lowest BCUT2D eigenvalue weighted by Crippen LogP contribution is -2.36. The molecule has 33 heavy (non-hydrogen) atoms. The Labute approximate surface area is 206 Å². The zero-order chi connectivity index (χ0) is 23.5. The van der Waals surface area contributed by atoms with Crippen molar-refractivity contribution in [2.45, 2.75) is 0 Å². The van der Waals surface area contributed by atoms with Crippen molar-refractivity contribution in [2.75, 3.05) is 16.1 Å². The molecule has 0 atom stereocenters. The van der Waals surface area contributed by atoms with E-state index >= 15 is 0 Å². The molecule has 0 unspecified atom stereocenters. The molecule has 0 radical (unpaired) electrons. The molecule has 1 aromatic heterocycles. The normalized spacial score (nSPS) is 10.6. The Morgan fingerprint density at radius 1 is 0.758 bits per heavy atom. The summed E-state index contributed by atoms with van der Waals surface area (Å²) in [6.07, 6.45) is 0. The quantitative estimate of drug-likeness (QED) is 0.288. The number of amides is 3. The number of nitrogens with one attached hydrogen (secondary N) is 3. The number of aromatic nitrogens is 1. The monoisotopic (exact) mass is 544 g/mol. The van der Waals surface area contributed by atoms with Gasteiger partial charge in [-0.05, 0) is 48.5 Å². The molecular weight excluding hydrogens is 531 g/mol. The number of anilines is 2. The summed E-state index contributed by atoms with van der Waals surface area (Å²) >= 11 is 15.6. The first-order valence-corrected chi connectivity index (χ1v) is 11.1. The molecule has 1 heterocycles. The molecule has 10 heteroatoms. The number of carbonyl (C=O) groups excluding carboxylic acids is 3. The van der Waals surface area contributed by atoms with Crippen molar-refractivity contribution in [1.82, 2.24) is 4.68 Å². The number of benzene rings is 3. The van der Waals surface area contributed by atoms with E-state index in [2.05, 4.69) is 32.0 Å². The minimum atomic E-state index is -0.984. The molecule has 4 rings (SSSR count). The average molecular weight is 546 g/mol. The summed E-state index contributed by atoms with van der Waals surface area (Å²) in [7, 11) is 0. The lowest BCUT2D eigenvalue weighted by atomic mass is 10.2. The Balaban J connectivity index is 1.65. The number of rotatable bonds is 4. The van der Waals surface area contributed by atoms with Crippen LogP contribution in [0.15, 0.2) is 77.3 Å². The molecule has 166 valence electrons. The van der Waals surface area contributed by atoms with Gasteiger partial charge in [-0.1, -0.05) is 63.4 Å². The van der Waals surface area contributed by atoms with Crippen molar-refractivity contribution < 1.29 is 14.4 Å². The molecule has 0 aliphatic carbocycles. The topological polar surface area (TPSA) is 92.2 Å². The first-order chi connectivity index (χ1) is 15.8. The Morgan fingerprint density at radius 2 is 1.36 bits per heavy atom. The average Bonchev–Trinajstić information content (AvgIpc) is 3.14. The highest BCUT2D eigenvalue weighted by molar-refractivity contribution is 9.10. The number of hydrogen-bond donors (Lipinski definition) is 3. The maximum Gasteiger partial charge on any atom is 0.328 e. The second-order valence-electron chi connectivity index (χ2n) is 6.88. The fourth-order valence-corrected chi connectivity index (χ4v) is 3.86. The number of carbonyl (C=O) groups is 3. The van der Waals surface area contributed by atoms with Crippen molar-refractivity contribution in [2.24, 2.45) is 0 Å². The minimum absolute atomic E-state index is 0.0990. The molecule has 0 saturated heterocycles. The molecule has 0 saturated carbocycles. The van der Waals surface area contributed by atoms with Crippen LogP contribution in [0.4, 0.5) is 11.4 Å². The third-order valence-corrected chi connectivity index (χ3v) is 5.81. The smallest absolute Gasteiger partial charge is 0.319 e. The largest absolute Gasteiger partial charge is 0.328 e. The van der Waals surface area contributed by atoms with Crippen molar-refractivity contribution in [1.29, 1.82) is 0 Å². The minimum Gasteiger partial charge on any atom is -0.319 e. The first kappa shape index (κ1) is 22.8. The van der Waals surface area contributed by atoms with Gasteiger partial charge in [-0.2, -0.15) is 0 Å². The van der Waals surface area contributed by atoms with Crippen LogP contribution in [-0.2, 0) is 9.59 Å². The van der Waals surface area contributed by atoms with Crippen LogP contribution in [0.5, 0.6) is 0 Å². The van der Waals surface area contributed by atoms with Gasteiger partial charge in [-0.15, -0.1) is 0 Å². The fourth-order valence-electron chi connectivity index (χ4n) is 3.12. The molecule has 3 N–H and O–H groups in total. The molecule has 4 aromatic rings. The third-order valence-electron chi connectivity index (χ3n) is 4.66. The second-order valence-corrected chi connectivity index (χ2v) is 8.61. The number of para-hydroxylation sites is 2. The van der Waals surface area contributed by atoms with Gasteiger partial charge >= 0.3 is 11.8 Å². The van der Waals surface area contributed by atoms with Crippen molar-refractivity contribution in [3.63, 3.8) is 0 Å². The van der Waals surface area contributed by atoms with Gasteiger partial charge in [0, 0.05) is 9.86 Å². The van der Waals surface area contributed by atoms with E-state index in [1.54, 1.807) is 72.8 Å². The molecule has 0 spiro atoms. The van der Waals surface area contributed by atoms with Crippen molar-refractivity contribution >= 4 is 79.1 Å². The van der Waals surface area contributed by atoms with Gasteiger partial charge in [0.15, 0.2) is 0 Å². The number of fused-ring (bicyclic) bond motifs is 1. The van der Waals surface area contributed by atoms with E-state index in [0.717, 1.165) is 4.47 Å². The van der Waals surface area contributed by atoms with Gasteiger partial charge in [0.25, 0.3) is 5.91 Å². The van der Waals surface area contributed by atoms with Crippen LogP contribution in [-0.4, -0.2) is 22.4 Å². The first-order valence-electron chi connectivity index (χ1n) is 9.57. The Hall–Kier alpha value is -3.33. The zero-order valence-corrected chi connectivity index (χ0v) is 19.8. The van der Waals surface area contributed by atoms with E-state index in [1.165, 1.54) is 4.68 Å². The number of nitrogens with zero attached hydrogens (tertiary/aromatic N) is 1. The van der Waals surface area contributed by atoms with E-state index in [9.17, 15) is 14.4 Å². The summed E-state index contributed by atoms with van der Waals surface area (Å²) in [4.78, 5) is 38.2. The van der Waals surface area contributed by atoms with E-state index < -0.39 is 17.7 Å². The van der Waals surface area contributed by atoms with Crippen molar-refractivity contribution in [3.8, 4) is 0 Å². The molecule has 0 aliphatic heterocycles. The predicted octanol–water partition coefficient (Wildman–Crippen LogP) is 5.67. The predicted molar refractivity (Wildman–Crippen MR) is 133 cm³/mol. The van der Waals surface area contributed by atoms with Crippen molar-refractivity contribution in [3.05, 3.63) is 93.0 Å². The van der Waals surface area contributed by atoms with Gasteiger partial charge in [-0.25, -0.2) is 4.68 Å². The van der Waals surface area contributed by atoms with Gasteiger partial charge in [0.2, 0.25) is 0 Å². The summed E-state index contributed by atoms with van der Waals surface area (Å²) < 4.78 is 2.04. The van der Waals surface area contributed by atoms with Gasteiger partial charge in [0.1, 0.15) is 5.69 Å². The summed E-state index contributed by atoms with van der Waals surface area (Å²) in [6, 6.07) is 20.1. The maximum atomic E-state index is 13.1. The van der Waals surface area contributed by atoms with Crippen LogP contribution in [0.2, 0.25) is 10.0 Å². The van der Waals surface area contributed by atoms with Crippen LogP contribution < -0.4 is 16.1 Å². The molecule has 0 aliphatic rings. The fraction of sp³-hybridized carbons (Fsp3) is 0. The molecular formula is C23H15BrCl2N4O3.